The van der Waals surface area contributed by atoms with E-state index in [2.05, 4.69) is 0 Å². The van der Waals surface area contributed by atoms with E-state index in [1.54, 1.807) is 29.2 Å². The van der Waals surface area contributed by atoms with Crippen molar-refractivity contribution in [3.05, 3.63) is 64.7 Å². The number of carbonyl (C=O) groups excluding carboxylic acids is 1. The molecule has 1 aliphatic heterocycles. The fourth-order valence-electron chi connectivity index (χ4n) is 3.88. The number of benzene rings is 2. The van der Waals surface area contributed by atoms with Crippen molar-refractivity contribution in [3.8, 4) is 6.07 Å². The number of hydrogen-bond acceptors (Lipinski definition) is 4. The molecular weight excluding hydrogens is 410 g/mol. The summed E-state index contributed by atoms with van der Waals surface area (Å²) in [5, 5.41) is 9.86. The number of carbonyl (C=O) groups is 1. The normalized spacial score (nSPS) is 18.8. The lowest BCUT2D eigenvalue weighted by Gasteiger charge is -2.36. The number of nitriles is 1. The molecule has 150 valence electrons. The molecule has 2 fully saturated rings. The number of rotatable bonds is 4. The van der Waals surface area contributed by atoms with Crippen LogP contribution in [0.4, 0.5) is 0 Å². The summed E-state index contributed by atoms with van der Waals surface area (Å²) in [6.07, 6.45) is 1.59. The molecule has 1 heterocycles. The molecule has 29 heavy (non-hydrogen) atoms. The van der Waals surface area contributed by atoms with E-state index in [9.17, 15) is 18.5 Å². The second-order valence-electron chi connectivity index (χ2n) is 7.39. The van der Waals surface area contributed by atoms with Gasteiger partial charge in [-0.1, -0.05) is 35.9 Å². The highest BCUT2D eigenvalue weighted by Gasteiger charge is 2.53. The molecule has 1 saturated heterocycles. The Morgan fingerprint density at radius 3 is 2.21 bits per heavy atom. The predicted molar refractivity (Wildman–Crippen MR) is 109 cm³/mol. The van der Waals surface area contributed by atoms with Crippen LogP contribution in [0.3, 0.4) is 0 Å². The highest BCUT2D eigenvalue weighted by Crippen LogP contribution is 2.50. The molecule has 6 nitrogen and oxygen atoms in total. The van der Waals surface area contributed by atoms with E-state index in [0.717, 1.165) is 18.4 Å². The summed E-state index contributed by atoms with van der Waals surface area (Å²) in [7, 11) is -3.77. The number of halogens is 1. The summed E-state index contributed by atoms with van der Waals surface area (Å²) in [5.41, 5.74) is 0.592. The Morgan fingerprint density at radius 2 is 1.62 bits per heavy atom. The van der Waals surface area contributed by atoms with Crippen LogP contribution < -0.4 is 0 Å². The highest BCUT2D eigenvalue weighted by molar-refractivity contribution is 7.89. The van der Waals surface area contributed by atoms with Crippen molar-refractivity contribution < 1.29 is 13.2 Å². The van der Waals surface area contributed by atoms with E-state index in [1.807, 2.05) is 18.2 Å². The van der Waals surface area contributed by atoms with Crippen LogP contribution in [0.15, 0.2) is 53.4 Å². The van der Waals surface area contributed by atoms with Gasteiger partial charge < -0.3 is 4.90 Å². The molecule has 2 aromatic rings. The Balaban J connectivity index is 1.48. The Labute approximate surface area is 175 Å². The molecule has 4 rings (SSSR count). The Bertz CT molecular complexity index is 1080. The Morgan fingerprint density at radius 1 is 1.00 bits per heavy atom. The number of amides is 1. The first-order chi connectivity index (χ1) is 13.9. The van der Waals surface area contributed by atoms with Crippen molar-refractivity contribution >= 4 is 27.5 Å². The minimum atomic E-state index is -3.77. The molecule has 1 amide bonds. The maximum absolute atomic E-state index is 13.2. The average Bonchev–Trinajstić information content (AvgIpc) is 3.56. The average molecular weight is 430 g/mol. The van der Waals surface area contributed by atoms with Crippen LogP contribution in [-0.4, -0.2) is 49.7 Å². The number of hydrogen-bond donors (Lipinski definition) is 0. The zero-order chi connectivity index (χ0) is 20.6. The highest BCUT2D eigenvalue weighted by atomic mass is 35.5. The number of sulfonamides is 1. The Hall–Kier alpha value is -2.40. The molecule has 0 unspecified atom stereocenters. The van der Waals surface area contributed by atoms with Gasteiger partial charge in [0.15, 0.2) is 0 Å². The first kappa shape index (κ1) is 19.9. The van der Waals surface area contributed by atoms with Crippen molar-refractivity contribution in [1.29, 1.82) is 5.26 Å². The molecule has 1 aliphatic carbocycles. The van der Waals surface area contributed by atoms with Crippen molar-refractivity contribution in [2.24, 2.45) is 0 Å². The van der Waals surface area contributed by atoms with Crippen molar-refractivity contribution in [3.63, 3.8) is 0 Å². The number of nitrogens with zero attached hydrogens (tertiary/aromatic N) is 3. The first-order valence-electron chi connectivity index (χ1n) is 9.43. The van der Waals surface area contributed by atoms with Gasteiger partial charge >= 0.3 is 0 Å². The van der Waals surface area contributed by atoms with E-state index in [0.29, 0.717) is 18.1 Å². The molecule has 1 saturated carbocycles. The minimum absolute atomic E-state index is 0.0158. The lowest BCUT2D eigenvalue weighted by Crippen LogP contribution is -2.52. The molecule has 0 bridgehead atoms. The lowest BCUT2D eigenvalue weighted by molar-refractivity contribution is -0.135. The minimum Gasteiger partial charge on any atom is -0.339 e. The van der Waals surface area contributed by atoms with Crippen LogP contribution in [-0.2, 0) is 20.2 Å². The zero-order valence-corrected chi connectivity index (χ0v) is 17.3. The van der Waals surface area contributed by atoms with Gasteiger partial charge in [0, 0.05) is 31.2 Å². The third-order valence-corrected chi connectivity index (χ3v) is 7.92. The van der Waals surface area contributed by atoms with E-state index in [4.69, 9.17) is 11.6 Å². The van der Waals surface area contributed by atoms with Gasteiger partial charge in [-0.15, -0.1) is 0 Å². The molecule has 2 aromatic carbocycles. The third kappa shape index (κ3) is 3.52. The second kappa shape index (κ2) is 7.45. The molecule has 0 radical (unpaired) electrons. The van der Waals surface area contributed by atoms with E-state index >= 15 is 0 Å². The largest absolute Gasteiger partial charge is 0.339 e. The number of piperazine rings is 1. The summed E-state index contributed by atoms with van der Waals surface area (Å²) < 4.78 is 27.3. The molecule has 0 aromatic heterocycles. The first-order valence-corrected chi connectivity index (χ1v) is 11.2. The summed E-state index contributed by atoms with van der Waals surface area (Å²) in [6.45, 7) is 1.10. The van der Waals surface area contributed by atoms with Crippen LogP contribution in [0.25, 0.3) is 0 Å². The third-order valence-electron chi connectivity index (χ3n) is 5.71. The molecule has 2 aliphatic rings. The van der Waals surface area contributed by atoms with Gasteiger partial charge in [-0.05, 0) is 42.7 Å². The molecule has 8 heteroatoms. The quantitative estimate of drug-likeness (QED) is 0.748. The van der Waals surface area contributed by atoms with Crippen LogP contribution in [0.2, 0.25) is 5.02 Å². The molecule has 0 spiro atoms. The van der Waals surface area contributed by atoms with Crippen molar-refractivity contribution in [1.82, 2.24) is 9.21 Å². The van der Waals surface area contributed by atoms with Gasteiger partial charge in [0.05, 0.1) is 15.9 Å². The second-order valence-corrected chi connectivity index (χ2v) is 9.74. The summed E-state index contributed by atoms with van der Waals surface area (Å²) >= 11 is 5.96. The molecule has 0 atom stereocenters. The van der Waals surface area contributed by atoms with Gasteiger partial charge in [-0.3, -0.25) is 4.79 Å². The van der Waals surface area contributed by atoms with E-state index in [1.165, 1.54) is 16.4 Å². The van der Waals surface area contributed by atoms with Gasteiger partial charge in [-0.25, -0.2) is 8.42 Å². The van der Waals surface area contributed by atoms with Crippen molar-refractivity contribution in [2.45, 2.75) is 23.2 Å². The molecule has 0 N–H and O–H groups in total. The maximum Gasteiger partial charge on any atom is 0.244 e. The monoisotopic (exact) mass is 429 g/mol. The van der Waals surface area contributed by atoms with Gasteiger partial charge in [0.1, 0.15) is 6.07 Å². The van der Waals surface area contributed by atoms with Crippen LogP contribution in [0, 0.1) is 11.3 Å². The van der Waals surface area contributed by atoms with E-state index < -0.39 is 15.4 Å². The fraction of sp³-hybridized carbons (Fsp3) is 0.333. The van der Waals surface area contributed by atoms with Crippen molar-refractivity contribution in [2.75, 3.05) is 26.2 Å². The van der Waals surface area contributed by atoms with Gasteiger partial charge in [0.2, 0.25) is 15.9 Å². The summed E-state index contributed by atoms with van der Waals surface area (Å²) in [5.74, 6) is 0.0503. The maximum atomic E-state index is 13.2. The summed E-state index contributed by atoms with van der Waals surface area (Å²) in [6, 6.07) is 15.5. The topological polar surface area (TPSA) is 81.5 Å². The van der Waals surface area contributed by atoms with Gasteiger partial charge in [-0.2, -0.15) is 9.57 Å². The van der Waals surface area contributed by atoms with Crippen LogP contribution in [0.1, 0.15) is 24.0 Å². The summed E-state index contributed by atoms with van der Waals surface area (Å²) in [4.78, 5) is 14.9. The fourth-order valence-corrected chi connectivity index (χ4v) is 5.57. The SMILES string of the molecule is N#Cc1ccccc1S(=O)(=O)N1CCN(C(=O)C2(c3ccc(Cl)cc3)CC2)CC1. The molecular formula is C21H20ClN3O3S. The lowest BCUT2D eigenvalue weighted by atomic mass is 9.94. The van der Waals surface area contributed by atoms with Crippen LogP contribution >= 0.6 is 11.6 Å². The standard InChI is InChI=1S/C21H20ClN3O3S/c22-18-7-5-17(6-8-18)21(9-10-21)20(26)24-11-13-25(14-12-24)29(27,28)19-4-2-1-3-16(19)15-23/h1-8H,9-14H2. The van der Waals surface area contributed by atoms with E-state index in [-0.39, 0.29) is 29.5 Å². The zero-order valence-electron chi connectivity index (χ0n) is 15.7. The predicted octanol–water partition coefficient (Wildman–Crippen LogP) is 2.78. The smallest absolute Gasteiger partial charge is 0.244 e. The van der Waals surface area contributed by atoms with Crippen LogP contribution in [0.5, 0.6) is 0 Å². The van der Waals surface area contributed by atoms with Gasteiger partial charge in [0.25, 0.3) is 0 Å². The Kier molecular flexibility index (Phi) is 5.11.